The van der Waals surface area contributed by atoms with Crippen LogP contribution in [0.2, 0.25) is 0 Å². The highest BCUT2D eigenvalue weighted by Gasteiger charge is 2.26. The van der Waals surface area contributed by atoms with Crippen LogP contribution in [0, 0.1) is 11.8 Å². The van der Waals surface area contributed by atoms with Crippen molar-refractivity contribution in [1.82, 2.24) is 0 Å². The van der Waals surface area contributed by atoms with Crippen LogP contribution in [0.4, 0.5) is 0 Å². The molecule has 1 unspecified atom stereocenters. The van der Waals surface area contributed by atoms with E-state index in [1.54, 1.807) is 11.3 Å². The van der Waals surface area contributed by atoms with E-state index >= 15 is 0 Å². The Bertz CT molecular complexity index is 299. The zero-order valence-corrected chi connectivity index (χ0v) is 11.6. The van der Waals surface area contributed by atoms with Crippen LogP contribution in [0.3, 0.4) is 0 Å². The van der Waals surface area contributed by atoms with Gasteiger partial charge in [-0.3, -0.25) is 0 Å². The van der Waals surface area contributed by atoms with Gasteiger partial charge in [0.05, 0.1) is 6.10 Å². The number of thiophene rings is 1. The number of aliphatic hydroxyl groups excluding tert-OH is 1. The molecule has 2 rings (SSSR count). The topological polar surface area (TPSA) is 20.2 Å². The van der Waals surface area contributed by atoms with Crippen LogP contribution >= 0.6 is 11.3 Å². The van der Waals surface area contributed by atoms with Crippen LogP contribution in [-0.4, -0.2) is 11.2 Å². The van der Waals surface area contributed by atoms with Gasteiger partial charge in [-0.25, -0.2) is 0 Å². The summed E-state index contributed by atoms with van der Waals surface area (Å²) in [6, 6.07) is 4.21. The molecule has 1 aromatic heterocycles. The maximum Gasteiger partial charge on any atom is 0.0616 e. The molecule has 0 aliphatic heterocycles. The van der Waals surface area contributed by atoms with Crippen molar-refractivity contribution in [2.45, 2.75) is 58.0 Å². The highest BCUT2D eigenvalue weighted by atomic mass is 32.1. The van der Waals surface area contributed by atoms with E-state index in [0.717, 1.165) is 12.3 Å². The first-order chi connectivity index (χ1) is 8.29. The standard InChI is InChI=1S/C15H24OS/c1-2-4-12-6-8-13(9-7-12)15(16)11-14-5-3-10-17-14/h3,5,10,12-13,15-16H,2,4,6-9,11H2,1H3. The monoisotopic (exact) mass is 252 g/mol. The number of aliphatic hydroxyl groups is 1. The number of hydrogen-bond donors (Lipinski definition) is 1. The van der Waals surface area contributed by atoms with Crippen LogP contribution in [0.25, 0.3) is 0 Å². The van der Waals surface area contributed by atoms with Crippen LogP contribution in [-0.2, 0) is 6.42 Å². The molecule has 1 aliphatic rings. The largest absolute Gasteiger partial charge is 0.392 e. The third-order valence-electron chi connectivity index (χ3n) is 4.12. The Morgan fingerprint density at radius 3 is 2.71 bits per heavy atom. The smallest absolute Gasteiger partial charge is 0.0616 e. The highest BCUT2D eigenvalue weighted by Crippen LogP contribution is 2.34. The summed E-state index contributed by atoms with van der Waals surface area (Å²) in [5, 5.41) is 12.4. The van der Waals surface area contributed by atoms with Crippen LogP contribution in [0.15, 0.2) is 17.5 Å². The zero-order valence-electron chi connectivity index (χ0n) is 10.8. The molecule has 1 heterocycles. The summed E-state index contributed by atoms with van der Waals surface area (Å²) in [5.41, 5.74) is 0. The van der Waals surface area contributed by atoms with Gasteiger partial charge in [0.25, 0.3) is 0 Å². The third kappa shape index (κ3) is 3.82. The first-order valence-corrected chi connectivity index (χ1v) is 7.88. The minimum atomic E-state index is -0.115. The Morgan fingerprint density at radius 2 is 2.12 bits per heavy atom. The molecule has 0 bridgehead atoms. The van der Waals surface area contributed by atoms with Crippen molar-refractivity contribution in [2.75, 3.05) is 0 Å². The second-order valence-electron chi connectivity index (χ2n) is 5.42. The zero-order chi connectivity index (χ0) is 12.1. The van der Waals surface area contributed by atoms with E-state index in [2.05, 4.69) is 24.4 Å². The van der Waals surface area contributed by atoms with Gasteiger partial charge in [0, 0.05) is 11.3 Å². The molecular formula is C15H24OS. The first-order valence-electron chi connectivity index (χ1n) is 7.00. The molecule has 0 radical (unpaired) electrons. The molecule has 1 nitrogen and oxygen atoms in total. The lowest BCUT2D eigenvalue weighted by Crippen LogP contribution is -2.27. The second-order valence-corrected chi connectivity index (χ2v) is 6.45. The normalized spacial score (nSPS) is 26.9. The van der Waals surface area contributed by atoms with Gasteiger partial charge in [-0.15, -0.1) is 11.3 Å². The molecule has 0 spiro atoms. The molecule has 0 saturated heterocycles. The van der Waals surface area contributed by atoms with Crippen molar-refractivity contribution in [3.8, 4) is 0 Å². The third-order valence-corrected chi connectivity index (χ3v) is 5.02. The molecule has 1 N–H and O–H groups in total. The van der Waals surface area contributed by atoms with E-state index in [4.69, 9.17) is 0 Å². The minimum Gasteiger partial charge on any atom is -0.392 e. The van der Waals surface area contributed by atoms with Gasteiger partial charge in [-0.2, -0.15) is 0 Å². The molecule has 1 saturated carbocycles. The SMILES string of the molecule is CCCC1CCC(C(O)Cc2cccs2)CC1. The maximum atomic E-state index is 10.3. The molecule has 17 heavy (non-hydrogen) atoms. The van der Waals surface area contributed by atoms with Crippen LogP contribution in [0.1, 0.15) is 50.3 Å². The lowest BCUT2D eigenvalue weighted by Gasteiger charge is -2.31. The summed E-state index contributed by atoms with van der Waals surface area (Å²) in [7, 11) is 0. The molecule has 96 valence electrons. The molecule has 1 fully saturated rings. The van der Waals surface area contributed by atoms with Crippen LogP contribution < -0.4 is 0 Å². The predicted octanol–water partition coefficient (Wildman–Crippen LogP) is 4.26. The van der Waals surface area contributed by atoms with E-state index in [0.29, 0.717) is 5.92 Å². The lowest BCUT2D eigenvalue weighted by atomic mass is 9.77. The fraction of sp³-hybridized carbons (Fsp3) is 0.733. The van der Waals surface area contributed by atoms with E-state index in [-0.39, 0.29) is 6.10 Å². The molecule has 1 atom stereocenters. The average molecular weight is 252 g/mol. The Balaban J connectivity index is 1.76. The van der Waals surface area contributed by atoms with Crippen molar-refractivity contribution >= 4 is 11.3 Å². The Labute approximate surface area is 109 Å². The maximum absolute atomic E-state index is 10.3. The van der Waals surface area contributed by atoms with E-state index in [1.807, 2.05) is 0 Å². The summed E-state index contributed by atoms with van der Waals surface area (Å²) >= 11 is 1.76. The summed E-state index contributed by atoms with van der Waals surface area (Å²) in [5.74, 6) is 1.48. The fourth-order valence-corrected chi connectivity index (χ4v) is 3.83. The van der Waals surface area contributed by atoms with Gasteiger partial charge >= 0.3 is 0 Å². The molecule has 2 heteroatoms. The molecule has 1 aromatic rings. The number of hydrogen-bond acceptors (Lipinski definition) is 2. The minimum absolute atomic E-state index is 0.115. The molecular weight excluding hydrogens is 228 g/mol. The van der Waals surface area contributed by atoms with Gasteiger partial charge in [0.1, 0.15) is 0 Å². The summed E-state index contributed by atoms with van der Waals surface area (Å²) in [6.45, 7) is 2.28. The predicted molar refractivity (Wildman–Crippen MR) is 74.4 cm³/mol. The van der Waals surface area contributed by atoms with Crippen molar-refractivity contribution in [2.24, 2.45) is 11.8 Å². The lowest BCUT2D eigenvalue weighted by molar-refractivity contribution is 0.0734. The quantitative estimate of drug-likeness (QED) is 0.830. The van der Waals surface area contributed by atoms with Crippen molar-refractivity contribution in [3.63, 3.8) is 0 Å². The van der Waals surface area contributed by atoms with Gasteiger partial charge in [0.2, 0.25) is 0 Å². The van der Waals surface area contributed by atoms with E-state index < -0.39 is 0 Å². The molecule has 0 aromatic carbocycles. The second kappa shape index (κ2) is 6.55. The van der Waals surface area contributed by atoms with Gasteiger partial charge in [-0.05, 0) is 36.1 Å². The van der Waals surface area contributed by atoms with Gasteiger partial charge in [0.15, 0.2) is 0 Å². The Hall–Kier alpha value is -0.340. The average Bonchev–Trinajstić information content (AvgIpc) is 2.83. The Morgan fingerprint density at radius 1 is 1.35 bits per heavy atom. The summed E-state index contributed by atoms with van der Waals surface area (Å²) in [4.78, 5) is 1.33. The van der Waals surface area contributed by atoms with Gasteiger partial charge < -0.3 is 5.11 Å². The fourth-order valence-electron chi connectivity index (χ4n) is 3.07. The van der Waals surface area contributed by atoms with E-state index in [1.165, 1.54) is 43.4 Å². The summed E-state index contributed by atoms with van der Waals surface area (Å²) in [6.07, 6.45) is 8.58. The highest BCUT2D eigenvalue weighted by molar-refractivity contribution is 7.09. The van der Waals surface area contributed by atoms with Crippen molar-refractivity contribution in [1.29, 1.82) is 0 Å². The molecule has 1 aliphatic carbocycles. The van der Waals surface area contributed by atoms with E-state index in [9.17, 15) is 5.11 Å². The van der Waals surface area contributed by atoms with Crippen molar-refractivity contribution < 1.29 is 5.11 Å². The molecule has 0 amide bonds. The van der Waals surface area contributed by atoms with Gasteiger partial charge in [-0.1, -0.05) is 38.7 Å². The number of rotatable bonds is 5. The summed E-state index contributed by atoms with van der Waals surface area (Å²) < 4.78 is 0. The van der Waals surface area contributed by atoms with Crippen LogP contribution in [0.5, 0.6) is 0 Å². The Kier molecular flexibility index (Phi) is 5.05. The first kappa shape index (κ1) is 13.1. The van der Waals surface area contributed by atoms with Crippen molar-refractivity contribution in [3.05, 3.63) is 22.4 Å².